The van der Waals surface area contributed by atoms with E-state index >= 15 is 0 Å². The lowest BCUT2D eigenvalue weighted by Crippen LogP contribution is -1.90. The smallest absolute Gasteiger partial charge is 0.00203 e. The lowest BCUT2D eigenvalue weighted by molar-refractivity contribution is 1.47. The minimum Gasteiger partial charge on any atom is -0.0616 e. The van der Waals surface area contributed by atoms with Crippen molar-refractivity contribution < 1.29 is 0 Å². The minimum absolute atomic E-state index is 1.28. The van der Waals surface area contributed by atoms with Crippen LogP contribution in [-0.2, 0) is 0 Å². The molecule has 0 heteroatoms. The van der Waals surface area contributed by atoms with Crippen molar-refractivity contribution >= 4 is 43.1 Å². The van der Waals surface area contributed by atoms with Crippen LogP contribution in [0, 0.1) is 6.92 Å². The van der Waals surface area contributed by atoms with Crippen LogP contribution in [-0.4, -0.2) is 0 Å². The van der Waals surface area contributed by atoms with Gasteiger partial charge in [-0.1, -0.05) is 121 Å². The Hall–Kier alpha value is -4.16. The molecule has 0 bridgehead atoms. The van der Waals surface area contributed by atoms with Gasteiger partial charge in [-0.15, -0.1) is 0 Å². The van der Waals surface area contributed by atoms with E-state index in [1.54, 1.807) is 0 Å². The maximum Gasteiger partial charge on any atom is -0.00203 e. The highest BCUT2D eigenvalue weighted by Gasteiger charge is 2.15. The number of benzene rings is 7. The van der Waals surface area contributed by atoms with E-state index in [1.165, 1.54) is 70.9 Å². The molecule has 7 rings (SSSR count). The highest BCUT2D eigenvalue weighted by molar-refractivity contribution is 6.28. The quantitative estimate of drug-likeness (QED) is 0.245. The summed E-state index contributed by atoms with van der Waals surface area (Å²) in [5, 5.41) is 10.6. The molecule has 7 aromatic carbocycles. The molecule has 0 saturated carbocycles. The second-order valence-electron chi connectivity index (χ2n) is 9.04. The molecule has 0 aliphatic rings. The normalized spacial score (nSPS) is 11.8. The van der Waals surface area contributed by atoms with Crippen molar-refractivity contribution in [3.8, 4) is 22.3 Å². The minimum atomic E-state index is 1.28. The van der Waals surface area contributed by atoms with Crippen molar-refractivity contribution in [2.75, 3.05) is 0 Å². The first-order chi connectivity index (χ1) is 16.3. The Morgan fingerprint density at radius 1 is 0.394 bits per heavy atom. The van der Waals surface area contributed by atoms with Gasteiger partial charge in [0.1, 0.15) is 0 Å². The van der Waals surface area contributed by atoms with Crippen LogP contribution < -0.4 is 0 Å². The summed E-state index contributed by atoms with van der Waals surface area (Å²) in [4.78, 5) is 0. The molecule has 0 spiro atoms. The van der Waals surface area contributed by atoms with E-state index in [9.17, 15) is 0 Å². The molecule has 0 heterocycles. The second-order valence-corrected chi connectivity index (χ2v) is 9.04. The third-order valence-electron chi connectivity index (χ3n) is 7.07. The molecule has 0 nitrogen and oxygen atoms in total. The highest BCUT2D eigenvalue weighted by atomic mass is 14.2. The predicted octanol–water partition coefficient (Wildman–Crippen LogP) is 9.38. The fraction of sp³-hybridized carbons (Fsp3) is 0.0303. The van der Waals surface area contributed by atoms with Crippen LogP contribution in [0.15, 0.2) is 115 Å². The fourth-order valence-corrected chi connectivity index (χ4v) is 5.56. The predicted molar refractivity (Wildman–Crippen MR) is 143 cm³/mol. The monoisotopic (exact) mass is 418 g/mol. The Kier molecular flexibility index (Phi) is 3.86. The average Bonchev–Trinajstić information content (AvgIpc) is 2.87. The Morgan fingerprint density at radius 2 is 1.00 bits per heavy atom. The SMILES string of the molecule is Cc1cccc(-c2ccc3ccc4c(-c5cccc6ccccc56)ccc5ccc2c3c54)c1. The molecule has 0 unspecified atom stereocenters. The number of fused-ring (bicyclic) bond motifs is 1. The van der Waals surface area contributed by atoms with Crippen molar-refractivity contribution in [2.24, 2.45) is 0 Å². The summed E-state index contributed by atoms with van der Waals surface area (Å²) in [6.45, 7) is 2.16. The Bertz CT molecular complexity index is 1820. The summed E-state index contributed by atoms with van der Waals surface area (Å²) in [7, 11) is 0. The van der Waals surface area contributed by atoms with Crippen molar-refractivity contribution in [2.45, 2.75) is 6.92 Å². The van der Waals surface area contributed by atoms with Gasteiger partial charge in [0.25, 0.3) is 0 Å². The third-order valence-corrected chi connectivity index (χ3v) is 7.07. The maximum absolute atomic E-state index is 2.31. The lowest BCUT2D eigenvalue weighted by Gasteiger charge is -2.17. The van der Waals surface area contributed by atoms with Gasteiger partial charge < -0.3 is 0 Å². The standard InChI is InChI=1S/C33H22/c1-21-6-4-9-25(20-21)27-16-12-23-15-19-31-29(17-13-24-14-18-30(27)32(23)33(24)31)28-11-5-8-22-7-2-3-10-26(22)28/h2-20H,1H3. The highest BCUT2D eigenvalue weighted by Crippen LogP contribution is 2.43. The van der Waals surface area contributed by atoms with E-state index in [-0.39, 0.29) is 0 Å². The van der Waals surface area contributed by atoms with Gasteiger partial charge in [-0.05, 0) is 72.3 Å². The second kappa shape index (κ2) is 6.92. The molecular weight excluding hydrogens is 396 g/mol. The van der Waals surface area contributed by atoms with E-state index in [2.05, 4.69) is 122 Å². The molecule has 154 valence electrons. The van der Waals surface area contributed by atoms with Crippen LogP contribution in [0.4, 0.5) is 0 Å². The molecule has 0 N–H and O–H groups in total. The largest absolute Gasteiger partial charge is 0.0616 e. The molecule has 0 saturated heterocycles. The molecule has 0 aliphatic heterocycles. The fourth-order valence-electron chi connectivity index (χ4n) is 5.56. The van der Waals surface area contributed by atoms with Gasteiger partial charge in [0.2, 0.25) is 0 Å². The molecule has 0 atom stereocenters. The Morgan fingerprint density at radius 3 is 1.79 bits per heavy atom. The third kappa shape index (κ3) is 2.71. The first-order valence-corrected chi connectivity index (χ1v) is 11.5. The van der Waals surface area contributed by atoms with Gasteiger partial charge >= 0.3 is 0 Å². The summed E-state index contributed by atoms with van der Waals surface area (Å²) < 4.78 is 0. The van der Waals surface area contributed by atoms with Gasteiger partial charge in [0.15, 0.2) is 0 Å². The molecule has 33 heavy (non-hydrogen) atoms. The van der Waals surface area contributed by atoms with Crippen LogP contribution in [0.2, 0.25) is 0 Å². The number of rotatable bonds is 2. The molecule has 0 fully saturated rings. The van der Waals surface area contributed by atoms with Gasteiger partial charge in [-0.3, -0.25) is 0 Å². The van der Waals surface area contributed by atoms with Gasteiger partial charge in [0, 0.05) is 0 Å². The number of aryl methyl sites for hydroxylation is 1. The van der Waals surface area contributed by atoms with Crippen LogP contribution in [0.25, 0.3) is 65.3 Å². The van der Waals surface area contributed by atoms with Gasteiger partial charge in [0.05, 0.1) is 0 Å². The molecule has 0 aliphatic carbocycles. The number of hydrogen-bond acceptors (Lipinski definition) is 0. The lowest BCUT2D eigenvalue weighted by atomic mass is 9.86. The Labute approximate surface area is 193 Å². The van der Waals surface area contributed by atoms with E-state index in [1.807, 2.05) is 0 Å². The van der Waals surface area contributed by atoms with Gasteiger partial charge in [-0.2, -0.15) is 0 Å². The summed E-state index contributed by atoms with van der Waals surface area (Å²) in [6.07, 6.45) is 0. The maximum atomic E-state index is 2.31. The van der Waals surface area contributed by atoms with E-state index < -0.39 is 0 Å². The van der Waals surface area contributed by atoms with Crippen molar-refractivity contribution in [1.82, 2.24) is 0 Å². The summed E-state index contributed by atoms with van der Waals surface area (Å²) >= 11 is 0. The zero-order chi connectivity index (χ0) is 21.9. The van der Waals surface area contributed by atoms with Crippen molar-refractivity contribution in [3.05, 3.63) is 121 Å². The molecule has 7 aromatic rings. The zero-order valence-electron chi connectivity index (χ0n) is 18.5. The van der Waals surface area contributed by atoms with Gasteiger partial charge in [-0.25, -0.2) is 0 Å². The van der Waals surface area contributed by atoms with Crippen LogP contribution in [0.5, 0.6) is 0 Å². The summed E-state index contributed by atoms with van der Waals surface area (Å²) in [5.41, 5.74) is 6.47. The number of hydrogen-bond donors (Lipinski definition) is 0. The topological polar surface area (TPSA) is 0 Å². The molecule has 0 aromatic heterocycles. The van der Waals surface area contributed by atoms with Crippen LogP contribution >= 0.6 is 0 Å². The van der Waals surface area contributed by atoms with E-state index in [4.69, 9.17) is 0 Å². The first-order valence-electron chi connectivity index (χ1n) is 11.5. The van der Waals surface area contributed by atoms with E-state index in [0.717, 1.165) is 0 Å². The molecule has 0 amide bonds. The van der Waals surface area contributed by atoms with Crippen LogP contribution in [0.3, 0.4) is 0 Å². The zero-order valence-corrected chi connectivity index (χ0v) is 18.5. The van der Waals surface area contributed by atoms with Crippen LogP contribution in [0.1, 0.15) is 5.56 Å². The first kappa shape index (κ1) is 18.4. The van der Waals surface area contributed by atoms with Crippen molar-refractivity contribution in [3.63, 3.8) is 0 Å². The summed E-state index contributed by atoms with van der Waals surface area (Å²) in [6, 6.07) is 42.5. The van der Waals surface area contributed by atoms with E-state index in [0.29, 0.717) is 0 Å². The molecular formula is C33H22. The summed E-state index contributed by atoms with van der Waals surface area (Å²) in [5.74, 6) is 0. The van der Waals surface area contributed by atoms with Crippen molar-refractivity contribution in [1.29, 1.82) is 0 Å². The average molecular weight is 419 g/mol. The Balaban J connectivity index is 1.60. The molecule has 0 radical (unpaired) electrons.